The first-order valence-corrected chi connectivity index (χ1v) is 6.45. The van der Waals surface area contributed by atoms with Crippen molar-refractivity contribution in [3.05, 3.63) is 35.9 Å². The molecule has 3 rings (SSSR count). The molecule has 3 heteroatoms. The topological polar surface area (TPSA) is 6.48 Å². The van der Waals surface area contributed by atoms with Crippen molar-refractivity contribution in [2.45, 2.75) is 25.2 Å². The first kappa shape index (κ1) is 11.2. The molecule has 0 amide bonds. The molecule has 1 aromatic carbocycles. The average molecular weight is 234 g/mol. The quantitative estimate of drug-likeness (QED) is 0.771. The first-order valence-electron chi connectivity index (χ1n) is 6.45. The third-order valence-corrected chi connectivity index (χ3v) is 3.90. The van der Waals surface area contributed by atoms with Crippen molar-refractivity contribution in [2.24, 2.45) is 0 Å². The number of benzene rings is 1. The van der Waals surface area contributed by atoms with Gasteiger partial charge in [-0.1, -0.05) is 30.3 Å². The van der Waals surface area contributed by atoms with Gasteiger partial charge in [0, 0.05) is 38.8 Å². The summed E-state index contributed by atoms with van der Waals surface area (Å²) in [6, 6.07) is 11.0. The van der Waals surface area contributed by atoms with Crippen LogP contribution in [0.25, 0.3) is 0 Å². The van der Waals surface area contributed by atoms with Crippen LogP contribution in [0.3, 0.4) is 0 Å². The van der Waals surface area contributed by atoms with Crippen LogP contribution >= 0.6 is 0 Å². The van der Waals surface area contributed by atoms with E-state index >= 15 is 0 Å². The average Bonchev–Trinajstić information content (AvgIpc) is 2.70. The van der Waals surface area contributed by atoms with Gasteiger partial charge in [-0.2, -0.15) is 0 Å². The lowest BCUT2D eigenvalue weighted by molar-refractivity contribution is 0.0987. The van der Waals surface area contributed by atoms with Gasteiger partial charge in [0.2, 0.25) is 0 Å². The highest BCUT2D eigenvalue weighted by Gasteiger charge is 2.35. The number of hydrogen-bond donors (Lipinski definition) is 0. The molecule has 0 aromatic heterocycles. The second-order valence-electron chi connectivity index (χ2n) is 5.20. The molecule has 0 N–H and O–H groups in total. The Hall–Kier alpha value is -0.930. The molecular weight excluding hydrogens is 215 g/mol. The smallest absolute Gasteiger partial charge is 0.114 e. The number of halogens is 1. The number of fused-ring (bicyclic) bond motifs is 1. The van der Waals surface area contributed by atoms with Crippen molar-refractivity contribution in [3.63, 3.8) is 0 Å². The largest absolute Gasteiger partial charge is 0.296 e. The van der Waals surface area contributed by atoms with Crippen LogP contribution in [0.15, 0.2) is 30.3 Å². The highest BCUT2D eigenvalue weighted by Crippen LogP contribution is 2.24. The van der Waals surface area contributed by atoms with E-state index in [4.69, 9.17) is 0 Å². The molecule has 0 spiro atoms. The van der Waals surface area contributed by atoms with Gasteiger partial charge in [-0.05, 0) is 12.0 Å². The molecule has 0 aliphatic carbocycles. The molecule has 2 heterocycles. The van der Waals surface area contributed by atoms with Crippen molar-refractivity contribution >= 4 is 0 Å². The van der Waals surface area contributed by atoms with Crippen LogP contribution in [0.4, 0.5) is 4.39 Å². The summed E-state index contributed by atoms with van der Waals surface area (Å²) in [6.45, 7) is 4.78. The Balaban J connectivity index is 1.60. The third-order valence-electron chi connectivity index (χ3n) is 3.90. The van der Waals surface area contributed by atoms with Crippen LogP contribution in [-0.2, 0) is 6.54 Å². The van der Waals surface area contributed by atoms with E-state index in [1.54, 1.807) is 0 Å². The molecule has 0 unspecified atom stereocenters. The fourth-order valence-electron chi connectivity index (χ4n) is 3.03. The number of nitrogens with zero attached hydrogens (tertiary/aromatic N) is 2. The maximum atomic E-state index is 13.3. The summed E-state index contributed by atoms with van der Waals surface area (Å²) >= 11 is 0. The third kappa shape index (κ3) is 2.50. The number of piperazine rings is 1. The Morgan fingerprint density at radius 2 is 1.94 bits per heavy atom. The van der Waals surface area contributed by atoms with Crippen LogP contribution in [0.1, 0.15) is 12.0 Å². The van der Waals surface area contributed by atoms with Crippen molar-refractivity contribution in [1.29, 1.82) is 0 Å². The Morgan fingerprint density at radius 3 is 2.76 bits per heavy atom. The SMILES string of the molecule is F[C@H]1C[C@H]2CN(Cc3ccccc3)CCN2C1. The summed E-state index contributed by atoms with van der Waals surface area (Å²) in [5.41, 5.74) is 1.36. The Bertz CT molecular complexity index is 368. The van der Waals surface area contributed by atoms with Crippen molar-refractivity contribution in [1.82, 2.24) is 9.80 Å². The van der Waals surface area contributed by atoms with Gasteiger partial charge >= 0.3 is 0 Å². The fourth-order valence-corrected chi connectivity index (χ4v) is 3.03. The van der Waals surface area contributed by atoms with Crippen LogP contribution in [0.2, 0.25) is 0 Å². The molecule has 2 aliphatic rings. The van der Waals surface area contributed by atoms with Crippen molar-refractivity contribution in [2.75, 3.05) is 26.2 Å². The Kier molecular flexibility index (Phi) is 3.12. The molecular formula is C14H19FN2. The molecule has 1 aromatic rings. The lowest BCUT2D eigenvalue weighted by atomic mass is 10.1. The molecule has 2 saturated heterocycles. The standard InChI is InChI=1S/C14H19FN2/c15-13-8-14-11-16(6-7-17(14)10-13)9-12-4-2-1-3-5-12/h1-5,13-14H,6-11H2/t13-,14-/m0/s1. The zero-order valence-electron chi connectivity index (χ0n) is 10.1. The van der Waals surface area contributed by atoms with E-state index in [1.165, 1.54) is 5.56 Å². The lowest BCUT2D eigenvalue weighted by Gasteiger charge is -2.37. The Morgan fingerprint density at radius 1 is 1.12 bits per heavy atom. The monoisotopic (exact) mass is 234 g/mol. The molecule has 2 nitrogen and oxygen atoms in total. The minimum absolute atomic E-state index is 0.447. The molecule has 2 atom stereocenters. The highest BCUT2D eigenvalue weighted by atomic mass is 19.1. The zero-order chi connectivity index (χ0) is 11.7. The predicted octanol–water partition coefficient (Wildman–Crippen LogP) is 1.91. The van der Waals surface area contributed by atoms with Gasteiger partial charge in [-0.3, -0.25) is 9.80 Å². The van der Waals surface area contributed by atoms with Gasteiger partial charge in [-0.15, -0.1) is 0 Å². The highest BCUT2D eigenvalue weighted by molar-refractivity contribution is 5.14. The van der Waals surface area contributed by atoms with Crippen LogP contribution < -0.4 is 0 Å². The van der Waals surface area contributed by atoms with Crippen molar-refractivity contribution in [3.8, 4) is 0 Å². The van der Waals surface area contributed by atoms with E-state index in [-0.39, 0.29) is 0 Å². The molecule has 2 fully saturated rings. The molecule has 0 bridgehead atoms. The second-order valence-corrected chi connectivity index (χ2v) is 5.20. The van der Waals surface area contributed by atoms with Gasteiger partial charge in [0.1, 0.15) is 6.17 Å². The summed E-state index contributed by atoms with van der Waals surface area (Å²) < 4.78 is 13.3. The first-order chi connectivity index (χ1) is 8.31. The maximum Gasteiger partial charge on any atom is 0.114 e. The van der Waals surface area contributed by atoms with E-state index in [9.17, 15) is 4.39 Å². The molecule has 0 saturated carbocycles. The van der Waals surface area contributed by atoms with E-state index in [0.29, 0.717) is 12.6 Å². The van der Waals surface area contributed by atoms with E-state index < -0.39 is 6.17 Å². The molecule has 2 aliphatic heterocycles. The van der Waals surface area contributed by atoms with E-state index in [0.717, 1.165) is 32.6 Å². The number of rotatable bonds is 2. The molecule has 0 radical (unpaired) electrons. The second kappa shape index (κ2) is 4.75. The van der Waals surface area contributed by atoms with Crippen LogP contribution in [0, 0.1) is 0 Å². The van der Waals surface area contributed by atoms with Gasteiger partial charge in [0.15, 0.2) is 0 Å². The minimum Gasteiger partial charge on any atom is -0.296 e. The maximum absolute atomic E-state index is 13.3. The summed E-state index contributed by atoms with van der Waals surface area (Å²) in [6.07, 6.45) is 0.127. The minimum atomic E-state index is -0.600. The Labute approximate surface area is 102 Å². The van der Waals surface area contributed by atoms with Gasteiger partial charge in [-0.25, -0.2) is 4.39 Å². The zero-order valence-corrected chi connectivity index (χ0v) is 10.1. The predicted molar refractivity (Wildman–Crippen MR) is 66.6 cm³/mol. The van der Waals surface area contributed by atoms with Gasteiger partial charge < -0.3 is 0 Å². The molecule has 92 valence electrons. The van der Waals surface area contributed by atoms with Gasteiger partial charge in [0.25, 0.3) is 0 Å². The number of alkyl halides is 1. The van der Waals surface area contributed by atoms with E-state index in [1.807, 2.05) is 6.07 Å². The number of hydrogen-bond acceptors (Lipinski definition) is 2. The summed E-state index contributed by atoms with van der Waals surface area (Å²) in [7, 11) is 0. The summed E-state index contributed by atoms with van der Waals surface area (Å²) in [4.78, 5) is 4.76. The fraction of sp³-hybridized carbons (Fsp3) is 0.571. The summed E-state index contributed by atoms with van der Waals surface area (Å²) in [5, 5.41) is 0. The normalized spacial score (nSPS) is 30.4. The summed E-state index contributed by atoms with van der Waals surface area (Å²) in [5.74, 6) is 0. The van der Waals surface area contributed by atoms with Crippen LogP contribution in [-0.4, -0.2) is 48.2 Å². The molecule has 17 heavy (non-hydrogen) atoms. The van der Waals surface area contributed by atoms with Crippen molar-refractivity contribution < 1.29 is 4.39 Å². The van der Waals surface area contributed by atoms with Gasteiger partial charge in [0.05, 0.1) is 0 Å². The van der Waals surface area contributed by atoms with Crippen LogP contribution in [0.5, 0.6) is 0 Å². The van der Waals surface area contributed by atoms with E-state index in [2.05, 4.69) is 34.1 Å². The lowest BCUT2D eigenvalue weighted by Crippen LogP contribution is -2.49.